The van der Waals surface area contributed by atoms with Crippen LogP contribution in [0.5, 0.6) is 5.75 Å². The minimum atomic E-state index is -5.11. The van der Waals surface area contributed by atoms with E-state index in [2.05, 4.69) is 25.6 Å². The fraction of sp³-hybridized carbons (Fsp3) is 0.227. The molecule has 0 spiro atoms. The zero-order chi connectivity index (χ0) is 26.6. The molecule has 2 heterocycles. The van der Waals surface area contributed by atoms with Crippen LogP contribution in [0.1, 0.15) is 11.1 Å². The van der Waals surface area contributed by atoms with Crippen molar-refractivity contribution in [2.24, 2.45) is 0 Å². The van der Waals surface area contributed by atoms with Gasteiger partial charge in [0.1, 0.15) is 5.75 Å². The number of hydrogen-bond donors (Lipinski definition) is 7. The van der Waals surface area contributed by atoms with E-state index in [4.69, 9.17) is 0 Å². The summed E-state index contributed by atoms with van der Waals surface area (Å²) in [5, 5.41) is 32.4. The van der Waals surface area contributed by atoms with Gasteiger partial charge in [-0.3, -0.25) is 4.57 Å². The number of aromatic nitrogens is 4. The monoisotopic (exact) mass is 547 g/mol. The molecule has 4 rings (SSSR count). The smallest absolute Gasteiger partial charge is 0.412 e. The van der Waals surface area contributed by atoms with E-state index in [1.807, 2.05) is 10.6 Å². The molecular weight excluding hydrogens is 522 g/mol. The molecule has 4 aromatic rings. The maximum absolute atomic E-state index is 11.7. The lowest BCUT2D eigenvalue weighted by atomic mass is 10.1. The number of nitrogens with one attached hydrogen (secondary N) is 2. The van der Waals surface area contributed by atoms with Crippen LogP contribution in [0.15, 0.2) is 54.9 Å². The molecule has 0 aliphatic carbocycles. The molecule has 2 unspecified atom stereocenters. The standard InChI is InChI=1S/C22H24N6O7P2/c29-11-9-23-21-26-19(25-16-6-4-15(5-7-16)22(31,36-32)37(33,34)35)18-20(27-21)28(13-24-18)10-8-14-2-1-3-17(30)12-14/h1-7,12-13,29-31H,8-11H2,(H2,33,34,35)(H2,23,25,26,27)/p+1. The first kappa shape index (κ1) is 26.6. The largest absolute Gasteiger partial charge is 0.508 e. The number of benzene rings is 2. The van der Waals surface area contributed by atoms with E-state index >= 15 is 0 Å². The number of nitrogens with zero attached hydrogens (tertiary/aromatic N) is 4. The van der Waals surface area contributed by atoms with Gasteiger partial charge in [-0.05, 0) is 48.4 Å². The van der Waals surface area contributed by atoms with Crippen molar-refractivity contribution in [1.82, 2.24) is 19.5 Å². The van der Waals surface area contributed by atoms with E-state index in [-0.39, 0.29) is 30.4 Å². The number of aryl methyl sites for hydroxylation is 2. The third kappa shape index (κ3) is 5.78. The number of phenolic OH excluding ortho intramolecular Hbond substituents is 1. The van der Waals surface area contributed by atoms with Crippen molar-refractivity contribution in [3.8, 4) is 5.75 Å². The van der Waals surface area contributed by atoms with Crippen molar-refractivity contribution in [3.05, 3.63) is 66.0 Å². The number of rotatable bonds is 11. The molecule has 37 heavy (non-hydrogen) atoms. The minimum Gasteiger partial charge on any atom is -0.508 e. The van der Waals surface area contributed by atoms with Gasteiger partial charge in [-0.1, -0.05) is 16.7 Å². The minimum absolute atomic E-state index is 0.134. The van der Waals surface area contributed by atoms with Crippen LogP contribution in [0.2, 0.25) is 0 Å². The highest BCUT2D eigenvalue weighted by molar-refractivity contribution is 7.62. The van der Waals surface area contributed by atoms with Crippen LogP contribution in [0, 0.1) is 0 Å². The summed E-state index contributed by atoms with van der Waals surface area (Å²) in [5.41, 5.74) is 2.14. The predicted molar refractivity (Wildman–Crippen MR) is 137 cm³/mol. The van der Waals surface area contributed by atoms with E-state index in [0.717, 1.165) is 5.56 Å². The zero-order valence-corrected chi connectivity index (χ0v) is 21.2. The van der Waals surface area contributed by atoms with Crippen molar-refractivity contribution in [2.75, 3.05) is 23.8 Å². The van der Waals surface area contributed by atoms with Crippen LogP contribution in [0.4, 0.5) is 17.5 Å². The third-order valence-corrected chi connectivity index (χ3v) is 8.35. The summed E-state index contributed by atoms with van der Waals surface area (Å²) in [4.78, 5) is 32.2. The number of aliphatic hydroxyl groups excluding tert-OH is 1. The van der Waals surface area contributed by atoms with Crippen molar-refractivity contribution in [1.29, 1.82) is 0 Å². The molecule has 0 radical (unpaired) electrons. The Balaban J connectivity index is 1.64. The molecule has 0 fully saturated rings. The average Bonchev–Trinajstić information content (AvgIpc) is 3.28. The first-order valence-corrected chi connectivity index (χ1v) is 13.6. The maximum atomic E-state index is 11.7. The molecule has 0 bridgehead atoms. The molecule has 0 aliphatic heterocycles. The van der Waals surface area contributed by atoms with Gasteiger partial charge in [0.25, 0.3) is 0 Å². The molecule has 2 atom stereocenters. The molecule has 0 amide bonds. The molecule has 194 valence electrons. The molecule has 2 aromatic carbocycles. The number of aromatic hydroxyl groups is 1. The van der Waals surface area contributed by atoms with Crippen LogP contribution in [0.3, 0.4) is 0 Å². The highest BCUT2D eigenvalue weighted by Gasteiger charge is 2.56. The normalized spacial score (nSPS) is 13.5. The first-order valence-electron chi connectivity index (χ1n) is 11.0. The Bertz CT molecular complexity index is 1460. The molecule has 7 N–H and O–H groups in total. The second-order valence-electron chi connectivity index (χ2n) is 8.10. The quantitative estimate of drug-likeness (QED) is 0.135. The summed E-state index contributed by atoms with van der Waals surface area (Å²) in [6.07, 6.45) is 2.22. The second-order valence-corrected chi connectivity index (χ2v) is 11.2. The number of fused-ring (bicyclic) bond motifs is 1. The van der Waals surface area contributed by atoms with Gasteiger partial charge in [-0.15, -0.1) is 0 Å². The SMILES string of the molecule is O=[PH+]C(O)(c1ccc(Nc2nc(NCCO)nc3c2ncn3CCc2cccc(O)c2)cc1)P(=O)(O)O. The van der Waals surface area contributed by atoms with Crippen LogP contribution in [0.25, 0.3) is 11.2 Å². The summed E-state index contributed by atoms with van der Waals surface area (Å²) in [5.74, 6) is 0.742. The average molecular weight is 547 g/mol. The first-order chi connectivity index (χ1) is 17.6. The number of phenols is 1. The summed E-state index contributed by atoms with van der Waals surface area (Å²) in [6, 6.07) is 12.3. The topological polar surface area (TPSA) is 203 Å². The zero-order valence-electron chi connectivity index (χ0n) is 19.3. The van der Waals surface area contributed by atoms with Crippen molar-refractivity contribution in [2.45, 2.75) is 18.0 Å². The van der Waals surface area contributed by atoms with E-state index in [1.165, 1.54) is 24.3 Å². The van der Waals surface area contributed by atoms with Gasteiger partial charge in [0.2, 0.25) is 5.95 Å². The molecule has 0 saturated carbocycles. The lowest BCUT2D eigenvalue weighted by molar-refractivity contribution is 0.168. The van der Waals surface area contributed by atoms with Gasteiger partial charge in [0, 0.05) is 24.3 Å². The van der Waals surface area contributed by atoms with Gasteiger partial charge in [-0.25, -0.2) is 4.98 Å². The summed E-state index contributed by atoms with van der Waals surface area (Å²) in [6.45, 7) is 0.598. The molecule has 15 heteroatoms. The Kier molecular flexibility index (Phi) is 7.84. The Hall–Kier alpha value is -3.44. The number of hydrogen-bond acceptors (Lipinski definition) is 10. The van der Waals surface area contributed by atoms with Crippen LogP contribution in [-0.4, -0.2) is 57.8 Å². The van der Waals surface area contributed by atoms with Crippen molar-refractivity contribution in [3.63, 3.8) is 0 Å². The van der Waals surface area contributed by atoms with Crippen molar-refractivity contribution >= 4 is 44.7 Å². The Labute approximate surface area is 212 Å². The van der Waals surface area contributed by atoms with E-state index in [9.17, 15) is 34.2 Å². The van der Waals surface area contributed by atoms with Crippen LogP contribution < -0.4 is 10.6 Å². The van der Waals surface area contributed by atoms with Crippen molar-refractivity contribution < 1.29 is 34.2 Å². The van der Waals surface area contributed by atoms with Gasteiger partial charge < -0.3 is 40.3 Å². The highest BCUT2D eigenvalue weighted by Crippen LogP contribution is 2.61. The second kappa shape index (κ2) is 10.9. The third-order valence-electron chi connectivity index (χ3n) is 5.52. The Morgan fingerprint density at radius 2 is 1.86 bits per heavy atom. The molecule has 0 aliphatic rings. The van der Waals surface area contributed by atoms with Gasteiger partial charge in [0.05, 0.1) is 12.9 Å². The molecule has 2 aromatic heterocycles. The molecule has 13 nitrogen and oxygen atoms in total. The van der Waals surface area contributed by atoms with Crippen LogP contribution >= 0.6 is 16.1 Å². The van der Waals surface area contributed by atoms with Gasteiger partial charge >= 0.3 is 21.1 Å². The Morgan fingerprint density at radius 1 is 1.11 bits per heavy atom. The lowest BCUT2D eigenvalue weighted by Crippen LogP contribution is -2.18. The molecule has 0 saturated heterocycles. The van der Waals surface area contributed by atoms with E-state index in [1.54, 1.807) is 24.5 Å². The number of anilines is 3. The lowest BCUT2D eigenvalue weighted by Gasteiger charge is -2.16. The fourth-order valence-corrected chi connectivity index (χ4v) is 4.86. The van der Waals surface area contributed by atoms with Gasteiger partial charge in [0.15, 0.2) is 17.0 Å². The predicted octanol–water partition coefficient (Wildman–Crippen LogP) is 2.23. The summed E-state index contributed by atoms with van der Waals surface area (Å²) >= 11 is 0. The maximum Gasteiger partial charge on any atom is 0.412 e. The number of aliphatic hydroxyl groups is 2. The van der Waals surface area contributed by atoms with Gasteiger partial charge in [-0.2, -0.15) is 9.97 Å². The fourth-order valence-electron chi connectivity index (χ4n) is 3.61. The summed E-state index contributed by atoms with van der Waals surface area (Å²) in [7, 11) is -6.79. The Morgan fingerprint density at radius 3 is 2.51 bits per heavy atom. The number of imidazole rings is 1. The van der Waals surface area contributed by atoms with E-state index in [0.29, 0.717) is 35.6 Å². The van der Waals surface area contributed by atoms with E-state index < -0.39 is 21.1 Å². The summed E-state index contributed by atoms with van der Waals surface area (Å²) < 4.78 is 24.9. The molecular formula is C22H25N6O7P2+. The van der Waals surface area contributed by atoms with Crippen LogP contribution in [-0.2, 0) is 27.2 Å². The highest BCUT2D eigenvalue weighted by atomic mass is 31.2.